The highest BCUT2D eigenvalue weighted by Crippen LogP contribution is 2.38. The van der Waals surface area contributed by atoms with Crippen molar-refractivity contribution >= 4 is 38.7 Å². The summed E-state index contributed by atoms with van der Waals surface area (Å²) >= 11 is 9.57. The molecule has 1 aliphatic rings. The van der Waals surface area contributed by atoms with Gasteiger partial charge in [0, 0.05) is 16.7 Å². The van der Waals surface area contributed by atoms with Gasteiger partial charge in [0.2, 0.25) is 0 Å². The van der Waals surface area contributed by atoms with E-state index in [1.54, 1.807) is 0 Å². The summed E-state index contributed by atoms with van der Waals surface area (Å²) in [6.45, 7) is 4.68. The number of nitrogens with zero attached hydrogens (tertiary/aromatic N) is 3. The lowest BCUT2D eigenvalue weighted by Crippen LogP contribution is -2.24. The lowest BCUT2D eigenvalue weighted by Gasteiger charge is -2.33. The highest BCUT2D eigenvalue weighted by Gasteiger charge is 2.28. The van der Waals surface area contributed by atoms with Gasteiger partial charge >= 0.3 is 0 Å². The number of imidazole rings is 1. The molecule has 0 amide bonds. The largest absolute Gasteiger partial charge is 0.309 e. The van der Waals surface area contributed by atoms with Gasteiger partial charge in [-0.05, 0) is 53.1 Å². The van der Waals surface area contributed by atoms with E-state index >= 15 is 0 Å². The highest BCUT2D eigenvalue weighted by atomic mass is 79.9. The van der Waals surface area contributed by atoms with Crippen LogP contribution in [0.4, 0.5) is 0 Å². The third-order valence-corrected chi connectivity index (χ3v) is 4.88. The number of fused-ring (bicyclic) bond motifs is 1. The Bertz CT molecular complexity index is 615. The molecular weight excluding hydrogens is 338 g/mol. The fraction of sp³-hybridized carbons (Fsp3) is 0.600. The molecule has 0 saturated heterocycles. The first-order valence-electron chi connectivity index (χ1n) is 7.16. The SMILES string of the molecule is CC1CC(C)CC(n2c(CCl)nc3cc(Br)cnc32)C1. The van der Waals surface area contributed by atoms with Crippen molar-refractivity contribution in [3.05, 3.63) is 22.6 Å². The van der Waals surface area contributed by atoms with Crippen LogP contribution < -0.4 is 0 Å². The average Bonchev–Trinajstić information content (AvgIpc) is 2.74. The molecule has 5 heteroatoms. The zero-order chi connectivity index (χ0) is 14.3. The molecule has 0 aliphatic heterocycles. The van der Waals surface area contributed by atoms with Crippen molar-refractivity contribution in [2.24, 2.45) is 11.8 Å². The molecule has 2 heterocycles. The highest BCUT2D eigenvalue weighted by molar-refractivity contribution is 9.10. The molecule has 2 atom stereocenters. The van der Waals surface area contributed by atoms with Gasteiger partial charge in [-0.1, -0.05) is 13.8 Å². The summed E-state index contributed by atoms with van der Waals surface area (Å²) in [7, 11) is 0. The molecule has 108 valence electrons. The fourth-order valence-electron chi connectivity index (χ4n) is 3.60. The number of hydrogen-bond donors (Lipinski definition) is 0. The van der Waals surface area contributed by atoms with Crippen LogP contribution in [0.2, 0.25) is 0 Å². The maximum absolute atomic E-state index is 6.11. The van der Waals surface area contributed by atoms with Gasteiger partial charge in [-0.15, -0.1) is 11.6 Å². The lowest BCUT2D eigenvalue weighted by molar-refractivity contribution is 0.222. The van der Waals surface area contributed by atoms with E-state index in [-0.39, 0.29) is 0 Å². The van der Waals surface area contributed by atoms with Crippen LogP contribution in [-0.4, -0.2) is 14.5 Å². The Morgan fingerprint density at radius 2 is 2.00 bits per heavy atom. The van der Waals surface area contributed by atoms with Crippen molar-refractivity contribution in [2.45, 2.75) is 45.0 Å². The lowest BCUT2D eigenvalue weighted by atomic mass is 9.80. The summed E-state index contributed by atoms with van der Waals surface area (Å²) in [5.41, 5.74) is 1.90. The van der Waals surface area contributed by atoms with Crippen molar-refractivity contribution in [1.29, 1.82) is 0 Å². The Morgan fingerprint density at radius 1 is 1.30 bits per heavy atom. The Balaban J connectivity index is 2.09. The van der Waals surface area contributed by atoms with Crippen LogP contribution in [0.15, 0.2) is 16.7 Å². The zero-order valence-corrected chi connectivity index (χ0v) is 14.2. The second-order valence-corrected chi connectivity index (χ2v) is 7.28. The van der Waals surface area contributed by atoms with Crippen LogP contribution in [0.25, 0.3) is 11.2 Å². The van der Waals surface area contributed by atoms with Crippen molar-refractivity contribution in [3.63, 3.8) is 0 Å². The first-order valence-corrected chi connectivity index (χ1v) is 8.49. The van der Waals surface area contributed by atoms with E-state index < -0.39 is 0 Å². The van der Waals surface area contributed by atoms with Gasteiger partial charge in [0.25, 0.3) is 0 Å². The van der Waals surface area contributed by atoms with Crippen LogP contribution in [0.3, 0.4) is 0 Å². The molecule has 1 aliphatic carbocycles. The van der Waals surface area contributed by atoms with Crippen molar-refractivity contribution < 1.29 is 0 Å². The van der Waals surface area contributed by atoms with Gasteiger partial charge in [0.1, 0.15) is 11.3 Å². The molecule has 0 bridgehead atoms. The maximum atomic E-state index is 6.11. The molecule has 0 radical (unpaired) electrons. The normalized spacial score (nSPS) is 27.1. The molecule has 3 nitrogen and oxygen atoms in total. The van der Waals surface area contributed by atoms with Crippen molar-refractivity contribution in [3.8, 4) is 0 Å². The Kier molecular flexibility index (Phi) is 4.04. The molecule has 0 spiro atoms. The topological polar surface area (TPSA) is 30.7 Å². The summed E-state index contributed by atoms with van der Waals surface area (Å²) in [5.74, 6) is 2.88. The maximum Gasteiger partial charge on any atom is 0.160 e. The Morgan fingerprint density at radius 3 is 2.65 bits per heavy atom. The number of pyridine rings is 1. The summed E-state index contributed by atoms with van der Waals surface area (Å²) in [5, 5.41) is 0. The second-order valence-electron chi connectivity index (χ2n) is 6.10. The zero-order valence-electron chi connectivity index (χ0n) is 11.8. The summed E-state index contributed by atoms with van der Waals surface area (Å²) in [6.07, 6.45) is 5.54. The van der Waals surface area contributed by atoms with Gasteiger partial charge in [-0.25, -0.2) is 9.97 Å². The molecule has 20 heavy (non-hydrogen) atoms. The van der Waals surface area contributed by atoms with Crippen molar-refractivity contribution in [2.75, 3.05) is 0 Å². The second kappa shape index (κ2) is 5.64. The molecule has 1 fully saturated rings. The van der Waals surface area contributed by atoms with Gasteiger partial charge < -0.3 is 4.57 Å². The molecule has 0 N–H and O–H groups in total. The van der Waals surface area contributed by atoms with Crippen LogP contribution >= 0.6 is 27.5 Å². The molecule has 2 aromatic heterocycles. The molecule has 0 aromatic carbocycles. The van der Waals surface area contributed by atoms with E-state index in [1.807, 2.05) is 12.3 Å². The molecule has 2 unspecified atom stereocenters. The van der Waals surface area contributed by atoms with Crippen LogP contribution in [0.1, 0.15) is 45.0 Å². The third-order valence-electron chi connectivity index (χ3n) is 4.21. The Labute approximate surface area is 132 Å². The number of aromatic nitrogens is 3. The van der Waals surface area contributed by atoms with Gasteiger partial charge in [-0.3, -0.25) is 0 Å². The fourth-order valence-corrected chi connectivity index (χ4v) is 4.11. The van der Waals surface area contributed by atoms with E-state index in [0.717, 1.165) is 33.3 Å². The minimum Gasteiger partial charge on any atom is -0.309 e. The quantitative estimate of drug-likeness (QED) is 0.714. The molecule has 3 rings (SSSR count). The third kappa shape index (κ3) is 2.60. The molecule has 2 aromatic rings. The van der Waals surface area contributed by atoms with Gasteiger partial charge in [0.05, 0.1) is 5.88 Å². The average molecular weight is 357 g/mol. The molecule has 1 saturated carbocycles. The number of rotatable bonds is 2. The van der Waals surface area contributed by atoms with Crippen molar-refractivity contribution in [1.82, 2.24) is 14.5 Å². The van der Waals surface area contributed by atoms with Gasteiger partial charge in [0.15, 0.2) is 5.65 Å². The van der Waals surface area contributed by atoms with E-state index in [2.05, 4.69) is 44.3 Å². The first-order chi connectivity index (χ1) is 9.58. The Hall–Kier alpha value is -0.610. The predicted octanol–water partition coefficient (Wildman–Crippen LogP) is 4.93. The summed E-state index contributed by atoms with van der Waals surface area (Å²) < 4.78 is 3.24. The van der Waals surface area contributed by atoms with Gasteiger partial charge in [-0.2, -0.15) is 0 Å². The first kappa shape index (κ1) is 14.3. The molecular formula is C15H19BrClN3. The van der Waals surface area contributed by atoms with Crippen LogP contribution in [0, 0.1) is 11.8 Å². The van der Waals surface area contributed by atoms with E-state index in [9.17, 15) is 0 Å². The number of halogens is 2. The summed E-state index contributed by atoms with van der Waals surface area (Å²) in [4.78, 5) is 9.23. The van der Waals surface area contributed by atoms with Crippen LogP contribution in [0.5, 0.6) is 0 Å². The number of alkyl halides is 1. The monoisotopic (exact) mass is 355 g/mol. The number of hydrogen-bond acceptors (Lipinski definition) is 2. The van der Waals surface area contributed by atoms with E-state index in [0.29, 0.717) is 11.9 Å². The minimum atomic E-state index is 0.438. The standard InChI is InChI=1S/C15H19BrClN3/c1-9-3-10(2)5-12(4-9)20-14(7-17)19-13-6-11(16)8-18-15(13)20/h6,8-10,12H,3-5,7H2,1-2H3. The van der Waals surface area contributed by atoms with E-state index in [4.69, 9.17) is 11.6 Å². The summed E-state index contributed by atoms with van der Waals surface area (Å²) in [6, 6.07) is 2.49. The van der Waals surface area contributed by atoms with E-state index in [1.165, 1.54) is 19.3 Å². The minimum absolute atomic E-state index is 0.438. The van der Waals surface area contributed by atoms with Crippen LogP contribution in [-0.2, 0) is 5.88 Å². The smallest absolute Gasteiger partial charge is 0.160 e. The predicted molar refractivity (Wildman–Crippen MR) is 86.0 cm³/mol.